The highest BCUT2D eigenvalue weighted by atomic mass is 35.5. The van der Waals surface area contributed by atoms with E-state index in [-0.39, 0.29) is 0 Å². The number of nitrogens with one attached hydrogen (secondary N) is 1. The first-order chi connectivity index (χ1) is 7.69. The van der Waals surface area contributed by atoms with Crippen LogP contribution in [0, 0.1) is 6.92 Å². The van der Waals surface area contributed by atoms with E-state index in [1.807, 2.05) is 37.4 Å². The molecule has 1 aromatic carbocycles. The summed E-state index contributed by atoms with van der Waals surface area (Å²) in [4.78, 5) is 4.42. The molecule has 4 heteroatoms. The van der Waals surface area contributed by atoms with Crippen LogP contribution >= 0.6 is 11.6 Å². The van der Waals surface area contributed by atoms with Gasteiger partial charge in [0.1, 0.15) is 0 Å². The van der Waals surface area contributed by atoms with Crippen LogP contribution < -0.4 is 5.32 Å². The summed E-state index contributed by atoms with van der Waals surface area (Å²) in [6.07, 6.45) is 2.03. The number of halogens is 1. The maximum absolute atomic E-state index is 5.83. The minimum Gasteiger partial charge on any atom is -0.326 e. The molecule has 84 valence electrons. The van der Waals surface area contributed by atoms with Gasteiger partial charge in [0.05, 0.1) is 5.69 Å². The SMILES string of the molecule is CCn1cc(C)nc1Nc1ccc(Cl)cc1. The summed E-state index contributed by atoms with van der Waals surface area (Å²) in [5.41, 5.74) is 2.00. The quantitative estimate of drug-likeness (QED) is 0.881. The normalized spacial score (nSPS) is 10.4. The van der Waals surface area contributed by atoms with Gasteiger partial charge in [-0.15, -0.1) is 0 Å². The molecule has 0 fully saturated rings. The molecule has 1 N–H and O–H groups in total. The molecule has 0 atom stereocenters. The third-order valence-corrected chi connectivity index (χ3v) is 2.59. The Labute approximate surface area is 100 Å². The lowest BCUT2D eigenvalue weighted by Crippen LogP contribution is -2.00. The van der Waals surface area contributed by atoms with E-state index < -0.39 is 0 Å². The highest BCUT2D eigenvalue weighted by Gasteiger charge is 2.03. The van der Waals surface area contributed by atoms with Crippen LogP contribution in [0.4, 0.5) is 11.6 Å². The fraction of sp³-hybridized carbons (Fsp3) is 0.250. The van der Waals surface area contributed by atoms with Crippen LogP contribution in [0.3, 0.4) is 0 Å². The van der Waals surface area contributed by atoms with E-state index in [1.54, 1.807) is 0 Å². The lowest BCUT2D eigenvalue weighted by molar-refractivity contribution is 0.771. The Morgan fingerprint density at radius 3 is 2.62 bits per heavy atom. The van der Waals surface area contributed by atoms with Gasteiger partial charge in [0, 0.05) is 23.5 Å². The van der Waals surface area contributed by atoms with Crippen LogP contribution in [0.15, 0.2) is 30.5 Å². The molecule has 1 heterocycles. The zero-order valence-corrected chi connectivity index (χ0v) is 10.1. The number of benzene rings is 1. The highest BCUT2D eigenvalue weighted by molar-refractivity contribution is 6.30. The molecule has 3 nitrogen and oxygen atoms in total. The van der Waals surface area contributed by atoms with Gasteiger partial charge in [-0.3, -0.25) is 0 Å². The largest absolute Gasteiger partial charge is 0.326 e. The zero-order chi connectivity index (χ0) is 11.5. The Bertz CT molecular complexity index is 474. The summed E-state index contributed by atoms with van der Waals surface area (Å²) in [6, 6.07) is 7.59. The van der Waals surface area contributed by atoms with Crippen molar-refractivity contribution in [3.63, 3.8) is 0 Å². The van der Waals surface area contributed by atoms with Crippen molar-refractivity contribution in [2.45, 2.75) is 20.4 Å². The minimum absolute atomic E-state index is 0.737. The van der Waals surface area contributed by atoms with Crippen LogP contribution in [-0.2, 0) is 6.54 Å². The summed E-state index contributed by atoms with van der Waals surface area (Å²) >= 11 is 5.83. The predicted octanol–water partition coefficient (Wildman–Crippen LogP) is 3.61. The van der Waals surface area contributed by atoms with Gasteiger partial charge in [-0.2, -0.15) is 0 Å². The van der Waals surface area contributed by atoms with Crippen LogP contribution in [0.5, 0.6) is 0 Å². The van der Waals surface area contributed by atoms with Crippen LogP contribution in [0.1, 0.15) is 12.6 Å². The van der Waals surface area contributed by atoms with Crippen molar-refractivity contribution in [1.29, 1.82) is 0 Å². The van der Waals surface area contributed by atoms with E-state index in [9.17, 15) is 0 Å². The van der Waals surface area contributed by atoms with E-state index in [1.165, 1.54) is 0 Å². The number of hydrogen-bond acceptors (Lipinski definition) is 2. The molecule has 1 aromatic heterocycles. The van der Waals surface area contributed by atoms with Crippen molar-refractivity contribution in [2.24, 2.45) is 0 Å². The summed E-state index contributed by atoms with van der Waals surface area (Å²) < 4.78 is 2.07. The fourth-order valence-corrected chi connectivity index (χ4v) is 1.68. The zero-order valence-electron chi connectivity index (χ0n) is 9.37. The predicted molar refractivity (Wildman–Crippen MR) is 67.4 cm³/mol. The number of anilines is 2. The Morgan fingerprint density at radius 1 is 1.31 bits per heavy atom. The summed E-state index contributed by atoms with van der Waals surface area (Å²) in [6.45, 7) is 4.98. The van der Waals surface area contributed by atoms with E-state index >= 15 is 0 Å². The standard InChI is InChI=1S/C12H14ClN3/c1-3-16-8-9(2)14-12(16)15-11-6-4-10(13)5-7-11/h4-8H,3H2,1-2H3,(H,14,15). The van der Waals surface area contributed by atoms with Gasteiger partial charge in [0.25, 0.3) is 0 Å². The molecule has 0 amide bonds. The molecular formula is C12H14ClN3. The summed E-state index contributed by atoms with van der Waals surface area (Å²) in [5, 5.41) is 4.00. The van der Waals surface area contributed by atoms with E-state index in [0.29, 0.717) is 0 Å². The van der Waals surface area contributed by atoms with Gasteiger partial charge in [0.2, 0.25) is 5.95 Å². The molecule has 0 saturated heterocycles. The first-order valence-corrected chi connectivity index (χ1v) is 5.63. The first kappa shape index (κ1) is 11.0. The molecule has 0 unspecified atom stereocenters. The van der Waals surface area contributed by atoms with Crippen LogP contribution in [-0.4, -0.2) is 9.55 Å². The molecule has 2 rings (SSSR count). The number of aryl methyl sites for hydroxylation is 2. The molecule has 0 aliphatic rings. The number of imidazole rings is 1. The van der Waals surface area contributed by atoms with Crippen molar-refractivity contribution in [3.05, 3.63) is 41.2 Å². The number of hydrogen-bond donors (Lipinski definition) is 1. The smallest absolute Gasteiger partial charge is 0.207 e. The molecular weight excluding hydrogens is 222 g/mol. The summed E-state index contributed by atoms with van der Waals surface area (Å²) in [5.74, 6) is 0.863. The molecule has 0 radical (unpaired) electrons. The second-order valence-electron chi connectivity index (χ2n) is 3.62. The lowest BCUT2D eigenvalue weighted by Gasteiger charge is -2.07. The van der Waals surface area contributed by atoms with E-state index in [0.717, 1.165) is 28.9 Å². The fourth-order valence-electron chi connectivity index (χ4n) is 1.55. The van der Waals surface area contributed by atoms with Gasteiger partial charge in [-0.25, -0.2) is 4.98 Å². The number of aromatic nitrogens is 2. The highest BCUT2D eigenvalue weighted by Crippen LogP contribution is 2.18. The monoisotopic (exact) mass is 235 g/mol. The van der Waals surface area contributed by atoms with Gasteiger partial charge in [-0.05, 0) is 38.1 Å². The molecule has 0 saturated carbocycles. The van der Waals surface area contributed by atoms with Crippen molar-refractivity contribution < 1.29 is 0 Å². The molecule has 16 heavy (non-hydrogen) atoms. The third-order valence-electron chi connectivity index (χ3n) is 2.34. The van der Waals surface area contributed by atoms with Crippen LogP contribution in [0.2, 0.25) is 5.02 Å². The Kier molecular flexibility index (Phi) is 3.15. The maximum atomic E-state index is 5.83. The van der Waals surface area contributed by atoms with Gasteiger partial charge in [-0.1, -0.05) is 11.6 Å². The minimum atomic E-state index is 0.737. The average molecular weight is 236 g/mol. The average Bonchev–Trinajstić information content (AvgIpc) is 2.62. The summed E-state index contributed by atoms with van der Waals surface area (Å²) in [7, 11) is 0. The van der Waals surface area contributed by atoms with Crippen molar-refractivity contribution in [1.82, 2.24) is 9.55 Å². The molecule has 0 aliphatic carbocycles. The topological polar surface area (TPSA) is 29.9 Å². The molecule has 0 spiro atoms. The third kappa shape index (κ3) is 2.36. The van der Waals surface area contributed by atoms with Gasteiger partial charge < -0.3 is 9.88 Å². The first-order valence-electron chi connectivity index (χ1n) is 5.25. The number of rotatable bonds is 3. The second kappa shape index (κ2) is 4.58. The molecule has 2 aromatic rings. The lowest BCUT2D eigenvalue weighted by atomic mass is 10.3. The Hall–Kier alpha value is -1.48. The maximum Gasteiger partial charge on any atom is 0.207 e. The molecule has 0 bridgehead atoms. The van der Waals surface area contributed by atoms with Gasteiger partial charge >= 0.3 is 0 Å². The van der Waals surface area contributed by atoms with Crippen molar-refractivity contribution >= 4 is 23.2 Å². The van der Waals surface area contributed by atoms with Crippen molar-refractivity contribution in [3.8, 4) is 0 Å². The van der Waals surface area contributed by atoms with Gasteiger partial charge in [0.15, 0.2) is 0 Å². The van der Waals surface area contributed by atoms with Crippen LogP contribution in [0.25, 0.3) is 0 Å². The Morgan fingerprint density at radius 2 is 2.00 bits per heavy atom. The Balaban J connectivity index is 2.22. The van der Waals surface area contributed by atoms with E-state index in [4.69, 9.17) is 11.6 Å². The molecule has 0 aliphatic heterocycles. The van der Waals surface area contributed by atoms with E-state index in [2.05, 4.69) is 21.8 Å². The number of nitrogens with zero attached hydrogens (tertiary/aromatic N) is 2. The van der Waals surface area contributed by atoms with Crippen molar-refractivity contribution in [2.75, 3.05) is 5.32 Å². The second-order valence-corrected chi connectivity index (χ2v) is 4.06.